The predicted octanol–water partition coefficient (Wildman–Crippen LogP) is 2.78. The van der Waals surface area contributed by atoms with Crippen LogP contribution in [-0.4, -0.2) is 11.7 Å². The Morgan fingerprint density at radius 1 is 1.25 bits per heavy atom. The van der Waals surface area contributed by atoms with E-state index in [-0.39, 0.29) is 5.41 Å². The summed E-state index contributed by atoms with van der Waals surface area (Å²) in [5.74, 6) is 0.412. The molecule has 2 heteroatoms. The van der Waals surface area contributed by atoms with Gasteiger partial charge in [-0.05, 0) is 49.4 Å². The van der Waals surface area contributed by atoms with Crippen LogP contribution in [0.4, 0.5) is 0 Å². The van der Waals surface area contributed by atoms with E-state index < -0.39 is 0 Å². The third kappa shape index (κ3) is 1.71. The van der Waals surface area contributed by atoms with Crippen LogP contribution < -0.4 is 5.73 Å². The molecule has 1 aromatic rings. The molecule has 88 valence electrons. The molecule has 0 amide bonds. The maximum Gasteiger partial charge on any atom is 0.119 e. The average Bonchev–Trinajstić information content (AvgIpc) is 2.75. The number of hydrogen-bond acceptors (Lipinski definition) is 2. The first kappa shape index (κ1) is 11.5. The Morgan fingerprint density at radius 3 is 2.38 bits per heavy atom. The molecule has 3 N–H and O–H groups in total. The van der Waals surface area contributed by atoms with Gasteiger partial charge in [0, 0.05) is 12.0 Å². The fraction of sp³-hybridized carbons (Fsp3) is 0.571. The van der Waals surface area contributed by atoms with Crippen LogP contribution in [0, 0.1) is 13.8 Å². The van der Waals surface area contributed by atoms with E-state index in [4.69, 9.17) is 5.73 Å². The lowest BCUT2D eigenvalue weighted by Gasteiger charge is -2.28. The predicted molar refractivity (Wildman–Crippen MR) is 66.8 cm³/mol. The monoisotopic (exact) mass is 219 g/mol. The van der Waals surface area contributed by atoms with Crippen LogP contribution in [0.1, 0.15) is 42.4 Å². The summed E-state index contributed by atoms with van der Waals surface area (Å²) >= 11 is 0. The quantitative estimate of drug-likeness (QED) is 0.803. The molecular formula is C14H21NO. The van der Waals surface area contributed by atoms with Gasteiger partial charge in [-0.25, -0.2) is 0 Å². The zero-order valence-electron chi connectivity index (χ0n) is 10.2. The van der Waals surface area contributed by atoms with Crippen LogP contribution in [0.15, 0.2) is 12.1 Å². The molecule has 0 unspecified atom stereocenters. The summed E-state index contributed by atoms with van der Waals surface area (Å²) < 4.78 is 0. The second-order valence-electron chi connectivity index (χ2n) is 5.13. The Balaban J connectivity index is 2.47. The lowest BCUT2D eigenvalue weighted by atomic mass is 9.78. The Labute approximate surface area is 97.5 Å². The SMILES string of the molecule is Cc1cc(C2(CN)CCCC2)cc(O)c1C. The first-order valence-corrected chi connectivity index (χ1v) is 6.10. The van der Waals surface area contributed by atoms with E-state index in [9.17, 15) is 5.11 Å². The van der Waals surface area contributed by atoms with Crippen LogP contribution in [-0.2, 0) is 5.41 Å². The van der Waals surface area contributed by atoms with Gasteiger partial charge in [0.05, 0.1) is 0 Å². The Hall–Kier alpha value is -1.02. The molecule has 0 saturated heterocycles. The molecule has 1 aliphatic carbocycles. The number of aryl methyl sites for hydroxylation is 1. The largest absolute Gasteiger partial charge is 0.508 e. The Kier molecular flexibility index (Phi) is 2.94. The van der Waals surface area contributed by atoms with Crippen molar-refractivity contribution in [3.8, 4) is 5.75 Å². The molecule has 1 aliphatic rings. The smallest absolute Gasteiger partial charge is 0.119 e. The number of benzene rings is 1. The number of hydrogen-bond donors (Lipinski definition) is 2. The minimum Gasteiger partial charge on any atom is -0.508 e. The van der Waals surface area contributed by atoms with Gasteiger partial charge in [-0.2, -0.15) is 0 Å². The maximum atomic E-state index is 9.91. The average molecular weight is 219 g/mol. The van der Waals surface area contributed by atoms with Crippen molar-refractivity contribution in [2.24, 2.45) is 5.73 Å². The standard InChI is InChI=1S/C14H21NO/c1-10-7-12(8-13(16)11(10)2)14(9-15)5-3-4-6-14/h7-8,16H,3-6,9,15H2,1-2H3. The molecule has 0 aromatic heterocycles. The molecule has 0 heterocycles. The summed E-state index contributed by atoms with van der Waals surface area (Å²) in [6.07, 6.45) is 4.83. The number of phenols is 1. The van der Waals surface area contributed by atoms with Gasteiger partial charge in [-0.1, -0.05) is 18.9 Å². The van der Waals surface area contributed by atoms with Gasteiger partial charge in [-0.15, -0.1) is 0 Å². The highest BCUT2D eigenvalue weighted by atomic mass is 16.3. The lowest BCUT2D eigenvalue weighted by Crippen LogP contribution is -2.32. The van der Waals surface area contributed by atoms with Crippen molar-refractivity contribution in [2.75, 3.05) is 6.54 Å². The molecule has 0 spiro atoms. The van der Waals surface area contributed by atoms with E-state index in [0.29, 0.717) is 12.3 Å². The summed E-state index contributed by atoms with van der Waals surface area (Å²) in [7, 11) is 0. The van der Waals surface area contributed by atoms with Crippen LogP contribution in [0.3, 0.4) is 0 Å². The fourth-order valence-corrected chi connectivity index (χ4v) is 2.81. The molecule has 16 heavy (non-hydrogen) atoms. The summed E-state index contributed by atoms with van der Waals surface area (Å²) in [5, 5.41) is 9.91. The molecule has 2 nitrogen and oxygen atoms in total. The first-order valence-electron chi connectivity index (χ1n) is 6.10. The van der Waals surface area contributed by atoms with Crippen molar-refractivity contribution in [3.05, 3.63) is 28.8 Å². The highest BCUT2D eigenvalue weighted by molar-refractivity contribution is 5.44. The molecular weight excluding hydrogens is 198 g/mol. The normalized spacial score (nSPS) is 18.9. The molecule has 1 fully saturated rings. The number of phenolic OH excluding ortho intramolecular Hbond substituents is 1. The highest BCUT2D eigenvalue weighted by Gasteiger charge is 2.34. The summed E-state index contributed by atoms with van der Waals surface area (Å²) in [4.78, 5) is 0. The maximum absolute atomic E-state index is 9.91. The third-order valence-electron chi connectivity index (χ3n) is 4.20. The van der Waals surface area contributed by atoms with Gasteiger partial charge in [-0.3, -0.25) is 0 Å². The second-order valence-corrected chi connectivity index (χ2v) is 5.13. The van der Waals surface area contributed by atoms with Gasteiger partial charge < -0.3 is 10.8 Å². The molecule has 1 aromatic carbocycles. The fourth-order valence-electron chi connectivity index (χ4n) is 2.81. The molecule has 0 atom stereocenters. The highest BCUT2D eigenvalue weighted by Crippen LogP contribution is 2.42. The van der Waals surface area contributed by atoms with Crippen molar-refractivity contribution in [1.29, 1.82) is 0 Å². The molecule has 0 aliphatic heterocycles. The van der Waals surface area contributed by atoms with Gasteiger partial charge in [0.2, 0.25) is 0 Å². The van der Waals surface area contributed by atoms with Gasteiger partial charge >= 0.3 is 0 Å². The van der Waals surface area contributed by atoms with Crippen molar-refractivity contribution in [3.63, 3.8) is 0 Å². The van der Waals surface area contributed by atoms with E-state index in [1.54, 1.807) is 0 Å². The zero-order valence-corrected chi connectivity index (χ0v) is 10.2. The van der Waals surface area contributed by atoms with E-state index in [1.807, 2.05) is 13.0 Å². The van der Waals surface area contributed by atoms with Gasteiger partial charge in [0.1, 0.15) is 5.75 Å². The Bertz CT molecular complexity index is 369. The van der Waals surface area contributed by atoms with Crippen molar-refractivity contribution in [1.82, 2.24) is 0 Å². The summed E-state index contributed by atoms with van der Waals surface area (Å²) in [6, 6.07) is 4.12. The van der Waals surface area contributed by atoms with Crippen LogP contribution in [0.2, 0.25) is 0 Å². The van der Waals surface area contributed by atoms with Crippen molar-refractivity contribution in [2.45, 2.75) is 44.9 Å². The minimum atomic E-state index is 0.121. The zero-order chi connectivity index (χ0) is 11.8. The molecule has 0 bridgehead atoms. The van der Waals surface area contributed by atoms with Crippen molar-refractivity contribution >= 4 is 0 Å². The Morgan fingerprint density at radius 2 is 1.88 bits per heavy atom. The number of aromatic hydroxyl groups is 1. The number of rotatable bonds is 2. The van der Waals surface area contributed by atoms with Crippen LogP contribution in [0.25, 0.3) is 0 Å². The van der Waals surface area contributed by atoms with Crippen LogP contribution >= 0.6 is 0 Å². The van der Waals surface area contributed by atoms with Crippen LogP contribution in [0.5, 0.6) is 5.75 Å². The van der Waals surface area contributed by atoms with E-state index in [0.717, 1.165) is 24.0 Å². The second kappa shape index (κ2) is 4.10. The topological polar surface area (TPSA) is 46.2 Å². The number of nitrogens with two attached hydrogens (primary N) is 1. The first-order chi connectivity index (χ1) is 7.59. The molecule has 0 radical (unpaired) electrons. The summed E-state index contributed by atoms with van der Waals surface area (Å²) in [5.41, 5.74) is 9.45. The summed E-state index contributed by atoms with van der Waals surface area (Å²) in [6.45, 7) is 4.70. The minimum absolute atomic E-state index is 0.121. The van der Waals surface area contributed by atoms with E-state index >= 15 is 0 Å². The molecule has 1 saturated carbocycles. The van der Waals surface area contributed by atoms with Gasteiger partial charge in [0.15, 0.2) is 0 Å². The van der Waals surface area contributed by atoms with E-state index in [2.05, 4.69) is 13.0 Å². The lowest BCUT2D eigenvalue weighted by molar-refractivity contribution is 0.439. The third-order valence-corrected chi connectivity index (χ3v) is 4.20. The van der Waals surface area contributed by atoms with Gasteiger partial charge in [0.25, 0.3) is 0 Å². The van der Waals surface area contributed by atoms with Crippen molar-refractivity contribution < 1.29 is 5.11 Å². The molecule has 2 rings (SSSR count). The van der Waals surface area contributed by atoms with E-state index in [1.165, 1.54) is 18.4 Å².